The standard InChI is InChI=1S/C18H19N3O4/c1-3-20(4-2)18(23)13-6-5-7-15(10-13)19-12-14-11-16(21(24)25)8-9-17(14)22/h5-12,22H,3-4H2,1-2H3. The molecule has 130 valence electrons. The van der Waals surface area contributed by atoms with Crippen LogP contribution in [0.2, 0.25) is 0 Å². The van der Waals surface area contributed by atoms with Crippen LogP contribution in [-0.2, 0) is 0 Å². The number of nitrogens with zero attached hydrogens (tertiary/aromatic N) is 3. The van der Waals surface area contributed by atoms with Gasteiger partial charge in [-0.25, -0.2) is 0 Å². The van der Waals surface area contributed by atoms with Gasteiger partial charge >= 0.3 is 0 Å². The molecule has 0 unspecified atom stereocenters. The Morgan fingerprint density at radius 1 is 1.24 bits per heavy atom. The SMILES string of the molecule is CCN(CC)C(=O)c1cccc(N=Cc2cc([N+](=O)[O-])ccc2O)c1. The molecule has 7 nitrogen and oxygen atoms in total. The van der Waals surface area contributed by atoms with E-state index in [-0.39, 0.29) is 22.9 Å². The number of aromatic hydroxyl groups is 1. The fraction of sp³-hybridized carbons (Fsp3) is 0.222. The molecule has 2 aromatic carbocycles. The summed E-state index contributed by atoms with van der Waals surface area (Å²) in [5.74, 6) is -0.190. The van der Waals surface area contributed by atoms with Crippen molar-refractivity contribution in [2.24, 2.45) is 4.99 Å². The molecule has 25 heavy (non-hydrogen) atoms. The van der Waals surface area contributed by atoms with Crippen LogP contribution in [0.4, 0.5) is 11.4 Å². The molecule has 0 saturated heterocycles. The van der Waals surface area contributed by atoms with E-state index in [0.717, 1.165) is 0 Å². The van der Waals surface area contributed by atoms with Crippen LogP contribution >= 0.6 is 0 Å². The number of carbonyl (C=O) groups is 1. The predicted octanol–water partition coefficient (Wildman–Crippen LogP) is 3.53. The molecule has 0 saturated carbocycles. The van der Waals surface area contributed by atoms with Crippen molar-refractivity contribution in [2.75, 3.05) is 13.1 Å². The molecular weight excluding hydrogens is 322 g/mol. The van der Waals surface area contributed by atoms with Crippen LogP contribution in [-0.4, -0.2) is 40.1 Å². The number of nitro benzene ring substituents is 1. The van der Waals surface area contributed by atoms with E-state index >= 15 is 0 Å². The van der Waals surface area contributed by atoms with Gasteiger partial charge in [-0.3, -0.25) is 19.9 Å². The third-order valence-electron chi connectivity index (χ3n) is 3.72. The van der Waals surface area contributed by atoms with Crippen LogP contribution in [0.3, 0.4) is 0 Å². The van der Waals surface area contributed by atoms with Crippen LogP contribution in [0.15, 0.2) is 47.5 Å². The summed E-state index contributed by atoms with van der Waals surface area (Å²) < 4.78 is 0. The van der Waals surface area contributed by atoms with Gasteiger partial charge in [0.2, 0.25) is 0 Å². The maximum atomic E-state index is 12.4. The zero-order valence-electron chi connectivity index (χ0n) is 14.0. The number of rotatable bonds is 6. The van der Waals surface area contributed by atoms with Gasteiger partial charge in [0.15, 0.2) is 0 Å². The molecule has 0 bridgehead atoms. The molecule has 0 aliphatic rings. The lowest BCUT2D eigenvalue weighted by molar-refractivity contribution is -0.384. The first-order chi connectivity index (χ1) is 12.0. The number of phenolic OH excluding ortho intramolecular Hbond substituents is 1. The number of hydrogen-bond donors (Lipinski definition) is 1. The molecule has 0 heterocycles. The Morgan fingerprint density at radius 2 is 1.96 bits per heavy atom. The maximum Gasteiger partial charge on any atom is 0.270 e. The van der Waals surface area contributed by atoms with Gasteiger partial charge in [-0.1, -0.05) is 6.07 Å². The van der Waals surface area contributed by atoms with E-state index in [4.69, 9.17) is 0 Å². The van der Waals surface area contributed by atoms with Crippen molar-refractivity contribution in [3.05, 3.63) is 63.7 Å². The Kier molecular flexibility index (Phi) is 5.84. The highest BCUT2D eigenvalue weighted by atomic mass is 16.6. The van der Waals surface area contributed by atoms with Crippen molar-refractivity contribution in [3.63, 3.8) is 0 Å². The summed E-state index contributed by atoms with van der Waals surface area (Å²) in [6.45, 7) is 5.05. The van der Waals surface area contributed by atoms with Crippen LogP contribution < -0.4 is 0 Å². The van der Waals surface area contributed by atoms with Crippen molar-refractivity contribution in [1.29, 1.82) is 0 Å². The van der Waals surface area contributed by atoms with Gasteiger partial charge in [0.05, 0.1) is 10.6 Å². The Hall–Kier alpha value is -3.22. The van der Waals surface area contributed by atoms with E-state index in [1.54, 1.807) is 29.2 Å². The number of hydrogen-bond acceptors (Lipinski definition) is 5. The molecule has 2 rings (SSSR count). The highest BCUT2D eigenvalue weighted by molar-refractivity contribution is 5.95. The monoisotopic (exact) mass is 341 g/mol. The van der Waals surface area contributed by atoms with E-state index in [1.807, 2.05) is 13.8 Å². The Morgan fingerprint density at radius 3 is 2.60 bits per heavy atom. The molecule has 1 N–H and O–H groups in total. The molecule has 1 amide bonds. The highest BCUT2D eigenvalue weighted by Gasteiger charge is 2.12. The molecule has 0 radical (unpaired) electrons. The van der Waals surface area contributed by atoms with Gasteiger partial charge in [0.1, 0.15) is 5.75 Å². The molecule has 0 fully saturated rings. The summed E-state index contributed by atoms with van der Waals surface area (Å²) in [4.78, 5) is 28.6. The van der Waals surface area contributed by atoms with Crippen LogP contribution in [0.1, 0.15) is 29.8 Å². The van der Waals surface area contributed by atoms with Gasteiger partial charge in [-0.05, 0) is 38.1 Å². The van der Waals surface area contributed by atoms with E-state index in [0.29, 0.717) is 24.3 Å². The summed E-state index contributed by atoms with van der Waals surface area (Å²) in [5.41, 5.74) is 1.13. The quantitative estimate of drug-likeness (QED) is 0.494. The zero-order valence-corrected chi connectivity index (χ0v) is 14.0. The van der Waals surface area contributed by atoms with Gasteiger partial charge < -0.3 is 10.0 Å². The largest absolute Gasteiger partial charge is 0.507 e. The van der Waals surface area contributed by atoms with Gasteiger partial charge in [0.25, 0.3) is 11.6 Å². The molecule has 2 aromatic rings. The highest BCUT2D eigenvalue weighted by Crippen LogP contribution is 2.23. The summed E-state index contributed by atoms with van der Waals surface area (Å²) in [5, 5.41) is 20.6. The smallest absolute Gasteiger partial charge is 0.270 e. The first-order valence-electron chi connectivity index (χ1n) is 7.87. The predicted molar refractivity (Wildman–Crippen MR) is 95.7 cm³/mol. The number of amides is 1. The minimum Gasteiger partial charge on any atom is -0.507 e. The third-order valence-corrected chi connectivity index (χ3v) is 3.72. The van der Waals surface area contributed by atoms with Crippen LogP contribution in [0.5, 0.6) is 5.75 Å². The van der Waals surface area contributed by atoms with Crippen molar-refractivity contribution in [1.82, 2.24) is 4.90 Å². The summed E-state index contributed by atoms with van der Waals surface area (Å²) in [6.07, 6.45) is 1.34. The second kappa shape index (κ2) is 8.05. The van der Waals surface area contributed by atoms with Gasteiger partial charge in [-0.2, -0.15) is 0 Å². The molecule has 0 aliphatic carbocycles. The third kappa shape index (κ3) is 4.41. The second-order valence-electron chi connectivity index (χ2n) is 5.29. The van der Waals surface area contributed by atoms with Crippen molar-refractivity contribution in [3.8, 4) is 5.75 Å². The lowest BCUT2D eigenvalue weighted by Crippen LogP contribution is -2.30. The molecule has 0 aliphatic heterocycles. The number of non-ortho nitro benzene ring substituents is 1. The van der Waals surface area contributed by atoms with E-state index in [2.05, 4.69) is 4.99 Å². The fourth-order valence-electron chi connectivity index (χ4n) is 2.32. The van der Waals surface area contributed by atoms with E-state index < -0.39 is 4.92 Å². The number of phenols is 1. The normalized spacial score (nSPS) is 10.8. The second-order valence-corrected chi connectivity index (χ2v) is 5.29. The molecular formula is C18H19N3O4. The number of aliphatic imine (C=N–C) groups is 1. The minimum absolute atomic E-state index is 0.0831. The fourth-order valence-corrected chi connectivity index (χ4v) is 2.32. The Balaban J connectivity index is 2.28. The van der Waals surface area contributed by atoms with Crippen LogP contribution in [0.25, 0.3) is 0 Å². The van der Waals surface area contributed by atoms with E-state index in [1.165, 1.54) is 24.4 Å². The Labute approximate surface area is 145 Å². The lowest BCUT2D eigenvalue weighted by Gasteiger charge is -2.18. The first kappa shape index (κ1) is 18.1. The van der Waals surface area contributed by atoms with Crippen molar-refractivity contribution >= 4 is 23.5 Å². The van der Waals surface area contributed by atoms with Gasteiger partial charge in [0, 0.05) is 42.6 Å². The zero-order chi connectivity index (χ0) is 18.4. The molecule has 0 aromatic heterocycles. The van der Waals surface area contributed by atoms with Crippen LogP contribution in [0, 0.1) is 10.1 Å². The number of benzene rings is 2. The first-order valence-corrected chi connectivity index (χ1v) is 7.87. The maximum absolute atomic E-state index is 12.4. The average Bonchev–Trinajstić information content (AvgIpc) is 2.62. The summed E-state index contributed by atoms with van der Waals surface area (Å²) in [7, 11) is 0. The van der Waals surface area contributed by atoms with E-state index in [9.17, 15) is 20.0 Å². The minimum atomic E-state index is -0.542. The van der Waals surface area contributed by atoms with Gasteiger partial charge in [-0.15, -0.1) is 0 Å². The number of carbonyl (C=O) groups excluding carboxylic acids is 1. The molecule has 0 spiro atoms. The number of nitro groups is 1. The lowest BCUT2D eigenvalue weighted by atomic mass is 10.1. The topological polar surface area (TPSA) is 96.0 Å². The summed E-state index contributed by atoms with van der Waals surface area (Å²) in [6, 6.07) is 10.5. The Bertz CT molecular complexity index is 814. The average molecular weight is 341 g/mol. The van der Waals surface area contributed by atoms with Crippen molar-refractivity contribution < 1.29 is 14.8 Å². The van der Waals surface area contributed by atoms with Crippen molar-refractivity contribution in [2.45, 2.75) is 13.8 Å². The molecule has 7 heteroatoms. The summed E-state index contributed by atoms with van der Waals surface area (Å²) >= 11 is 0. The molecule has 0 atom stereocenters.